The Kier molecular flexibility index (Phi) is 4.39. The Balaban J connectivity index is 2.05. The molecule has 0 amide bonds. The van der Waals surface area contributed by atoms with Crippen molar-refractivity contribution in [3.05, 3.63) is 23.0 Å². The standard InChI is InChI=1S/C15H21N3O/c1-10-11(2)15(9-18-14(10)8-16)19-13-6-4-12(17-3)5-7-13/h9,12-13,17H,4-7H2,1-3H3. The average Bonchev–Trinajstić information content (AvgIpc) is 2.45. The minimum Gasteiger partial charge on any atom is -0.489 e. The molecule has 102 valence electrons. The zero-order valence-corrected chi connectivity index (χ0v) is 11.9. The summed E-state index contributed by atoms with van der Waals surface area (Å²) in [6.07, 6.45) is 6.42. The smallest absolute Gasteiger partial charge is 0.143 e. The third-order valence-corrected chi connectivity index (χ3v) is 4.08. The topological polar surface area (TPSA) is 57.9 Å². The molecule has 0 radical (unpaired) electrons. The summed E-state index contributed by atoms with van der Waals surface area (Å²) in [4.78, 5) is 4.16. The molecular weight excluding hydrogens is 238 g/mol. The lowest BCUT2D eigenvalue weighted by Crippen LogP contribution is -2.34. The molecule has 0 spiro atoms. The van der Waals surface area contributed by atoms with Crippen LogP contribution in [-0.4, -0.2) is 24.2 Å². The van der Waals surface area contributed by atoms with Crippen molar-refractivity contribution < 1.29 is 4.74 Å². The van der Waals surface area contributed by atoms with Crippen LogP contribution >= 0.6 is 0 Å². The van der Waals surface area contributed by atoms with E-state index in [2.05, 4.69) is 16.4 Å². The predicted molar refractivity (Wildman–Crippen MR) is 74.2 cm³/mol. The monoisotopic (exact) mass is 259 g/mol. The second kappa shape index (κ2) is 6.03. The Morgan fingerprint density at radius 3 is 2.53 bits per heavy atom. The molecule has 0 aliphatic heterocycles. The Labute approximate surface area is 114 Å². The zero-order chi connectivity index (χ0) is 13.8. The normalized spacial score (nSPS) is 22.8. The maximum Gasteiger partial charge on any atom is 0.143 e. The Morgan fingerprint density at radius 1 is 1.26 bits per heavy atom. The van der Waals surface area contributed by atoms with Crippen molar-refractivity contribution >= 4 is 0 Å². The van der Waals surface area contributed by atoms with Crippen molar-refractivity contribution in [3.8, 4) is 11.8 Å². The van der Waals surface area contributed by atoms with Crippen LogP contribution in [0.3, 0.4) is 0 Å². The van der Waals surface area contributed by atoms with Crippen LogP contribution in [0.1, 0.15) is 42.5 Å². The molecule has 0 saturated heterocycles. The van der Waals surface area contributed by atoms with Gasteiger partial charge in [-0.1, -0.05) is 0 Å². The molecule has 1 aliphatic rings. The van der Waals surface area contributed by atoms with Crippen LogP contribution in [0, 0.1) is 25.2 Å². The molecule has 1 saturated carbocycles. The molecular formula is C15H21N3O. The zero-order valence-electron chi connectivity index (χ0n) is 11.9. The number of ether oxygens (including phenoxy) is 1. The van der Waals surface area contributed by atoms with Gasteiger partial charge in [-0.2, -0.15) is 5.26 Å². The number of nitrogens with one attached hydrogen (secondary N) is 1. The van der Waals surface area contributed by atoms with Crippen LogP contribution in [-0.2, 0) is 0 Å². The third kappa shape index (κ3) is 3.05. The summed E-state index contributed by atoms with van der Waals surface area (Å²) in [5.74, 6) is 0.824. The van der Waals surface area contributed by atoms with Gasteiger partial charge in [0.1, 0.15) is 17.5 Å². The molecule has 1 heterocycles. The molecule has 0 bridgehead atoms. The van der Waals surface area contributed by atoms with E-state index >= 15 is 0 Å². The minimum absolute atomic E-state index is 0.275. The number of hydrogen-bond acceptors (Lipinski definition) is 4. The van der Waals surface area contributed by atoms with Gasteiger partial charge in [0.25, 0.3) is 0 Å². The van der Waals surface area contributed by atoms with Crippen LogP contribution in [0.2, 0.25) is 0 Å². The van der Waals surface area contributed by atoms with E-state index in [9.17, 15) is 0 Å². The van der Waals surface area contributed by atoms with E-state index in [1.165, 1.54) is 0 Å². The summed E-state index contributed by atoms with van der Waals surface area (Å²) in [7, 11) is 2.02. The van der Waals surface area contributed by atoms with Crippen LogP contribution in [0.4, 0.5) is 0 Å². The first-order valence-electron chi connectivity index (χ1n) is 6.86. The molecule has 1 N–H and O–H groups in total. The lowest BCUT2D eigenvalue weighted by molar-refractivity contribution is 0.140. The molecule has 1 fully saturated rings. The highest BCUT2D eigenvalue weighted by molar-refractivity contribution is 5.43. The fourth-order valence-electron chi connectivity index (χ4n) is 2.56. The lowest BCUT2D eigenvalue weighted by atomic mass is 9.93. The quantitative estimate of drug-likeness (QED) is 0.906. The highest BCUT2D eigenvalue weighted by Gasteiger charge is 2.22. The van der Waals surface area contributed by atoms with Crippen molar-refractivity contribution in [3.63, 3.8) is 0 Å². The van der Waals surface area contributed by atoms with Gasteiger partial charge in [0, 0.05) is 6.04 Å². The van der Waals surface area contributed by atoms with Crippen LogP contribution in [0.25, 0.3) is 0 Å². The third-order valence-electron chi connectivity index (χ3n) is 4.08. The molecule has 0 atom stereocenters. The molecule has 1 aromatic rings. The SMILES string of the molecule is CNC1CCC(Oc2cnc(C#N)c(C)c2C)CC1. The summed E-state index contributed by atoms with van der Waals surface area (Å²) in [5, 5.41) is 12.3. The summed E-state index contributed by atoms with van der Waals surface area (Å²) in [6, 6.07) is 2.73. The molecule has 1 aliphatic carbocycles. The summed E-state index contributed by atoms with van der Waals surface area (Å²) in [5.41, 5.74) is 2.44. The second-order valence-electron chi connectivity index (χ2n) is 5.21. The van der Waals surface area contributed by atoms with Gasteiger partial charge in [0.15, 0.2) is 0 Å². The maximum absolute atomic E-state index is 8.95. The lowest BCUT2D eigenvalue weighted by Gasteiger charge is -2.29. The van der Waals surface area contributed by atoms with Crippen molar-refractivity contribution in [2.45, 2.75) is 51.7 Å². The fraction of sp³-hybridized carbons (Fsp3) is 0.600. The van der Waals surface area contributed by atoms with E-state index in [0.717, 1.165) is 42.6 Å². The van der Waals surface area contributed by atoms with Crippen molar-refractivity contribution in [1.29, 1.82) is 5.26 Å². The first-order valence-corrected chi connectivity index (χ1v) is 6.86. The molecule has 19 heavy (non-hydrogen) atoms. The van der Waals surface area contributed by atoms with Crippen molar-refractivity contribution in [2.75, 3.05) is 7.05 Å². The molecule has 2 rings (SSSR count). The highest BCUT2D eigenvalue weighted by Crippen LogP contribution is 2.27. The van der Waals surface area contributed by atoms with Gasteiger partial charge in [-0.25, -0.2) is 4.98 Å². The van der Waals surface area contributed by atoms with Crippen LogP contribution in [0.15, 0.2) is 6.20 Å². The van der Waals surface area contributed by atoms with E-state index in [1.807, 2.05) is 20.9 Å². The molecule has 0 aromatic carbocycles. The second-order valence-corrected chi connectivity index (χ2v) is 5.21. The summed E-state index contributed by atoms with van der Waals surface area (Å²) in [6.45, 7) is 3.91. The Morgan fingerprint density at radius 2 is 1.95 bits per heavy atom. The van der Waals surface area contributed by atoms with E-state index in [4.69, 9.17) is 10.00 Å². The average molecular weight is 259 g/mol. The largest absolute Gasteiger partial charge is 0.489 e. The van der Waals surface area contributed by atoms with E-state index in [1.54, 1.807) is 6.20 Å². The predicted octanol–water partition coefficient (Wildman–Crippen LogP) is 2.48. The summed E-state index contributed by atoms with van der Waals surface area (Å²) < 4.78 is 6.06. The number of aromatic nitrogens is 1. The molecule has 1 aromatic heterocycles. The van der Waals surface area contributed by atoms with Crippen molar-refractivity contribution in [1.82, 2.24) is 10.3 Å². The van der Waals surface area contributed by atoms with E-state index < -0.39 is 0 Å². The van der Waals surface area contributed by atoms with E-state index in [-0.39, 0.29) is 6.10 Å². The Hall–Kier alpha value is -1.60. The number of nitrogens with zero attached hydrogens (tertiary/aromatic N) is 2. The molecule has 0 unspecified atom stereocenters. The van der Waals surface area contributed by atoms with Gasteiger partial charge in [0.05, 0.1) is 12.3 Å². The number of hydrogen-bond donors (Lipinski definition) is 1. The van der Waals surface area contributed by atoms with Crippen molar-refractivity contribution in [2.24, 2.45) is 0 Å². The van der Waals surface area contributed by atoms with E-state index in [0.29, 0.717) is 11.7 Å². The first kappa shape index (κ1) is 13.8. The van der Waals surface area contributed by atoms with Gasteiger partial charge < -0.3 is 10.1 Å². The van der Waals surface area contributed by atoms with Gasteiger partial charge >= 0.3 is 0 Å². The van der Waals surface area contributed by atoms with Crippen LogP contribution in [0.5, 0.6) is 5.75 Å². The van der Waals surface area contributed by atoms with Crippen LogP contribution < -0.4 is 10.1 Å². The minimum atomic E-state index is 0.275. The fourth-order valence-corrected chi connectivity index (χ4v) is 2.56. The Bertz CT molecular complexity index is 485. The van der Waals surface area contributed by atoms with Gasteiger partial charge in [-0.15, -0.1) is 0 Å². The van der Waals surface area contributed by atoms with Gasteiger partial charge in [0.2, 0.25) is 0 Å². The van der Waals surface area contributed by atoms with Gasteiger partial charge in [-0.05, 0) is 57.7 Å². The molecule has 4 nitrogen and oxygen atoms in total. The molecule has 4 heteroatoms. The number of pyridine rings is 1. The summed E-state index contributed by atoms with van der Waals surface area (Å²) >= 11 is 0. The highest BCUT2D eigenvalue weighted by atomic mass is 16.5. The maximum atomic E-state index is 8.95. The number of rotatable bonds is 3. The first-order chi connectivity index (χ1) is 9.15. The van der Waals surface area contributed by atoms with Gasteiger partial charge in [-0.3, -0.25) is 0 Å². The number of nitriles is 1.